The molecule has 0 aliphatic carbocycles. The summed E-state index contributed by atoms with van der Waals surface area (Å²) in [6.45, 7) is 0.438. The highest BCUT2D eigenvalue weighted by molar-refractivity contribution is 7.71. The smallest absolute Gasteiger partial charge is 0.251 e. The van der Waals surface area contributed by atoms with Crippen LogP contribution in [0.5, 0.6) is 0 Å². The first-order valence-corrected chi connectivity index (χ1v) is 5.10. The fourth-order valence-corrected chi connectivity index (χ4v) is 1.63. The van der Waals surface area contributed by atoms with Gasteiger partial charge in [-0.3, -0.25) is 9.78 Å². The van der Waals surface area contributed by atoms with Crippen molar-refractivity contribution >= 4 is 12.2 Å². The molecule has 1 aromatic carbocycles. The highest BCUT2D eigenvalue weighted by Crippen LogP contribution is 2.05. The minimum absolute atomic E-state index is 0.236. The molecule has 1 heterocycles. The van der Waals surface area contributed by atoms with Gasteiger partial charge >= 0.3 is 0 Å². The summed E-state index contributed by atoms with van der Waals surface area (Å²) < 4.78 is 14.9. The molecular weight excluding hydrogens is 227 g/mol. The number of benzene rings is 1. The number of aromatic nitrogens is 2. The molecule has 1 aromatic heterocycles. The van der Waals surface area contributed by atoms with E-state index in [1.54, 1.807) is 22.9 Å². The molecule has 0 aliphatic rings. The number of H-pyrrole nitrogens is 1. The summed E-state index contributed by atoms with van der Waals surface area (Å²) >= 11 is 4.99. The molecule has 0 amide bonds. The Labute approximate surface area is 96.2 Å². The molecular formula is C11H9FN2OS. The van der Waals surface area contributed by atoms with Crippen molar-refractivity contribution in [2.75, 3.05) is 0 Å². The van der Waals surface area contributed by atoms with E-state index in [-0.39, 0.29) is 11.4 Å². The van der Waals surface area contributed by atoms with Crippen LogP contribution >= 0.6 is 12.2 Å². The number of hydrogen-bond acceptors (Lipinski definition) is 2. The molecule has 2 aromatic rings. The van der Waals surface area contributed by atoms with Crippen LogP contribution in [0, 0.1) is 10.6 Å². The topological polar surface area (TPSA) is 37.8 Å². The van der Waals surface area contributed by atoms with Gasteiger partial charge in [0.2, 0.25) is 0 Å². The molecule has 0 unspecified atom stereocenters. The molecule has 0 radical (unpaired) electrons. The molecule has 5 heteroatoms. The SMILES string of the molecule is O=c1ccn(Cc2cccc(F)c2)c(=S)[nH]1. The Morgan fingerprint density at radius 3 is 2.88 bits per heavy atom. The van der Waals surface area contributed by atoms with Crippen LogP contribution in [-0.2, 0) is 6.54 Å². The molecule has 3 nitrogen and oxygen atoms in total. The first-order valence-electron chi connectivity index (χ1n) is 4.69. The fraction of sp³-hybridized carbons (Fsp3) is 0.0909. The van der Waals surface area contributed by atoms with Crippen molar-refractivity contribution < 1.29 is 4.39 Å². The van der Waals surface area contributed by atoms with Gasteiger partial charge in [-0.2, -0.15) is 0 Å². The number of nitrogens with one attached hydrogen (secondary N) is 1. The second kappa shape index (κ2) is 4.40. The second-order valence-corrected chi connectivity index (χ2v) is 3.75. The van der Waals surface area contributed by atoms with Crippen LogP contribution in [-0.4, -0.2) is 9.55 Å². The highest BCUT2D eigenvalue weighted by atomic mass is 32.1. The Bertz CT molecular complexity index is 618. The standard InChI is InChI=1S/C11H9FN2OS/c12-9-3-1-2-8(6-9)7-14-5-4-10(15)13-11(14)16/h1-6H,7H2,(H,13,15,16). The van der Waals surface area contributed by atoms with Gasteiger partial charge in [0.1, 0.15) is 5.82 Å². The largest absolute Gasteiger partial charge is 0.321 e. The molecule has 0 atom stereocenters. The van der Waals surface area contributed by atoms with Gasteiger partial charge in [-0.25, -0.2) is 4.39 Å². The second-order valence-electron chi connectivity index (χ2n) is 3.37. The van der Waals surface area contributed by atoms with Crippen LogP contribution in [0.15, 0.2) is 41.3 Å². The average molecular weight is 236 g/mol. The van der Waals surface area contributed by atoms with Gasteiger partial charge < -0.3 is 4.57 Å². The van der Waals surface area contributed by atoms with Crippen molar-refractivity contribution in [1.82, 2.24) is 9.55 Å². The Morgan fingerprint density at radius 2 is 2.19 bits per heavy atom. The van der Waals surface area contributed by atoms with Crippen LogP contribution in [0.3, 0.4) is 0 Å². The Kier molecular flexibility index (Phi) is 2.96. The van der Waals surface area contributed by atoms with Gasteiger partial charge in [-0.05, 0) is 29.9 Å². The molecule has 16 heavy (non-hydrogen) atoms. The quantitative estimate of drug-likeness (QED) is 0.811. The predicted octanol–water partition coefficient (Wildman–Crippen LogP) is 2.09. The minimum atomic E-state index is -0.284. The van der Waals surface area contributed by atoms with Gasteiger partial charge in [0.05, 0.1) is 0 Å². The van der Waals surface area contributed by atoms with E-state index in [4.69, 9.17) is 12.2 Å². The summed E-state index contributed by atoms with van der Waals surface area (Å²) in [5.41, 5.74) is 0.559. The zero-order valence-corrected chi connectivity index (χ0v) is 9.13. The molecule has 82 valence electrons. The third-order valence-corrected chi connectivity index (χ3v) is 2.48. The Balaban J connectivity index is 2.34. The lowest BCUT2D eigenvalue weighted by Crippen LogP contribution is -2.11. The average Bonchev–Trinajstić information content (AvgIpc) is 2.22. The Hall–Kier alpha value is -1.75. The van der Waals surface area contributed by atoms with Crippen molar-refractivity contribution in [1.29, 1.82) is 0 Å². The maximum atomic E-state index is 12.9. The van der Waals surface area contributed by atoms with Crippen molar-refractivity contribution in [3.63, 3.8) is 0 Å². The van der Waals surface area contributed by atoms with E-state index in [9.17, 15) is 9.18 Å². The van der Waals surface area contributed by atoms with Crippen molar-refractivity contribution in [3.8, 4) is 0 Å². The first kappa shape index (κ1) is 10.8. The molecule has 0 aliphatic heterocycles. The molecule has 0 spiro atoms. The van der Waals surface area contributed by atoms with Gasteiger partial charge in [0.15, 0.2) is 4.77 Å². The summed E-state index contributed by atoms with van der Waals surface area (Å²) in [5.74, 6) is -0.284. The number of rotatable bonds is 2. The lowest BCUT2D eigenvalue weighted by molar-refractivity contribution is 0.622. The van der Waals surface area contributed by atoms with Gasteiger partial charge in [0.25, 0.3) is 5.56 Å². The van der Waals surface area contributed by atoms with E-state index in [0.29, 0.717) is 11.3 Å². The molecule has 0 bridgehead atoms. The van der Waals surface area contributed by atoms with Gasteiger partial charge in [0, 0.05) is 18.8 Å². The van der Waals surface area contributed by atoms with Gasteiger partial charge in [-0.1, -0.05) is 12.1 Å². The van der Waals surface area contributed by atoms with E-state index < -0.39 is 0 Å². The fourth-order valence-electron chi connectivity index (χ4n) is 1.40. The molecule has 1 N–H and O–H groups in total. The maximum Gasteiger partial charge on any atom is 0.251 e. The normalized spacial score (nSPS) is 10.3. The summed E-state index contributed by atoms with van der Waals surface area (Å²) in [7, 11) is 0. The van der Waals surface area contributed by atoms with Crippen LogP contribution in [0.4, 0.5) is 4.39 Å². The Morgan fingerprint density at radius 1 is 1.38 bits per heavy atom. The first-order chi connectivity index (χ1) is 7.65. The highest BCUT2D eigenvalue weighted by Gasteiger charge is 1.97. The summed E-state index contributed by atoms with van der Waals surface area (Å²) in [5, 5.41) is 0. The number of hydrogen-bond donors (Lipinski definition) is 1. The lowest BCUT2D eigenvalue weighted by atomic mass is 10.2. The lowest BCUT2D eigenvalue weighted by Gasteiger charge is -2.05. The van der Waals surface area contributed by atoms with E-state index in [0.717, 1.165) is 5.56 Å². The monoisotopic (exact) mass is 236 g/mol. The van der Waals surface area contributed by atoms with E-state index in [1.807, 2.05) is 0 Å². The number of halogens is 1. The van der Waals surface area contributed by atoms with Crippen LogP contribution in [0.25, 0.3) is 0 Å². The van der Waals surface area contributed by atoms with E-state index in [2.05, 4.69) is 4.98 Å². The zero-order chi connectivity index (χ0) is 11.5. The zero-order valence-electron chi connectivity index (χ0n) is 8.31. The van der Waals surface area contributed by atoms with Crippen molar-refractivity contribution in [2.45, 2.75) is 6.54 Å². The van der Waals surface area contributed by atoms with Crippen molar-refractivity contribution in [3.05, 3.63) is 63.0 Å². The molecule has 0 saturated heterocycles. The summed E-state index contributed by atoms with van der Waals surface area (Å²) in [4.78, 5) is 13.5. The maximum absolute atomic E-state index is 12.9. The molecule has 0 saturated carbocycles. The van der Waals surface area contributed by atoms with Crippen LogP contribution < -0.4 is 5.56 Å². The third kappa shape index (κ3) is 2.43. The minimum Gasteiger partial charge on any atom is -0.321 e. The van der Waals surface area contributed by atoms with Gasteiger partial charge in [-0.15, -0.1) is 0 Å². The van der Waals surface area contributed by atoms with E-state index >= 15 is 0 Å². The predicted molar refractivity (Wildman–Crippen MR) is 61.4 cm³/mol. The van der Waals surface area contributed by atoms with E-state index in [1.165, 1.54) is 18.2 Å². The summed E-state index contributed by atoms with van der Waals surface area (Å²) in [6, 6.07) is 7.65. The number of nitrogens with zero attached hydrogens (tertiary/aromatic N) is 1. The molecule has 0 fully saturated rings. The summed E-state index contributed by atoms with van der Waals surface area (Å²) in [6.07, 6.45) is 1.59. The van der Waals surface area contributed by atoms with Crippen LogP contribution in [0.1, 0.15) is 5.56 Å². The van der Waals surface area contributed by atoms with Crippen LogP contribution in [0.2, 0.25) is 0 Å². The third-order valence-electron chi connectivity index (χ3n) is 2.14. The van der Waals surface area contributed by atoms with Crippen molar-refractivity contribution in [2.24, 2.45) is 0 Å². The number of aromatic amines is 1. The molecule has 2 rings (SSSR count).